The van der Waals surface area contributed by atoms with E-state index in [2.05, 4.69) is 15.2 Å². The van der Waals surface area contributed by atoms with Crippen LogP contribution in [0.25, 0.3) is 0 Å². The fraction of sp³-hybridized carbons (Fsp3) is 0.478. The number of ether oxygens (including phenoxy) is 5. The van der Waals surface area contributed by atoms with Crippen LogP contribution in [0.1, 0.15) is 32.4 Å². The number of aromatic nitrogens is 1. The lowest BCUT2D eigenvalue weighted by atomic mass is 10.1. The monoisotopic (exact) mass is 443 g/mol. The summed E-state index contributed by atoms with van der Waals surface area (Å²) in [5.74, 6) is 1.27. The average molecular weight is 444 g/mol. The Morgan fingerprint density at radius 3 is 2.69 bits per heavy atom. The quantitative estimate of drug-likeness (QED) is 0.390. The molecule has 0 amide bonds. The van der Waals surface area contributed by atoms with Crippen LogP contribution >= 0.6 is 0 Å². The summed E-state index contributed by atoms with van der Waals surface area (Å²) in [5, 5.41) is 8.33. The Kier molecular flexibility index (Phi) is 8.94. The molecule has 0 bridgehead atoms. The summed E-state index contributed by atoms with van der Waals surface area (Å²) in [5.41, 5.74) is 1.32. The van der Waals surface area contributed by atoms with Crippen LogP contribution in [0.4, 0.5) is 5.69 Å². The zero-order valence-electron chi connectivity index (χ0n) is 18.7. The predicted molar refractivity (Wildman–Crippen MR) is 117 cm³/mol. The molecule has 1 unspecified atom stereocenters. The maximum absolute atomic E-state index is 11.8. The van der Waals surface area contributed by atoms with Gasteiger partial charge in [0.05, 0.1) is 38.3 Å². The lowest BCUT2D eigenvalue weighted by Gasteiger charge is -2.24. The van der Waals surface area contributed by atoms with E-state index in [9.17, 15) is 4.79 Å². The summed E-state index contributed by atoms with van der Waals surface area (Å²) in [7, 11) is 1.62. The zero-order chi connectivity index (χ0) is 22.8. The Morgan fingerprint density at radius 2 is 2.00 bits per heavy atom. The Bertz CT molecular complexity index is 897. The summed E-state index contributed by atoms with van der Waals surface area (Å²) in [4.78, 5) is 16.1. The number of rotatable bonds is 10. The molecule has 1 fully saturated rings. The van der Waals surface area contributed by atoms with Crippen LogP contribution < -0.4 is 9.47 Å². The molecule has 2 heterocycles. The molecule has 0 N–H and O–H groups in total. The first kappa shape index (κ1) is 23.6. The maximum atomic E-state index is 11.8. The molecule has 172 valence electrons. The van der Waals surface area contributed by atoms with Gasteiger partial charge in [-0.25, -0.2) is 4.79 Å². The molecule has 9 heteroatoms. The van der Waals surface area contributed by atoms with Crippen molar-refractivity contribution < 1.29 is 28.5 Å². The Labute approximate surface area is 187 Å². The molecule has 3 rings (SSSR count). The summed E-state index contributed by atoms with van der Waals surface area (Å²) >= 11 is 0. The van der Waals surface area contributed by atoms with Gasteiger partial charge in [-0.3, -0.25) is 4.98 Å². The Morgan fingerprint density at radius 1 is 1.22 bits per heavy atom. The van der Waals surface area contributed by atoms with Gasteiger partial charge in [0.15, 0.2) is 11.8 Å². The highest BCUT2D eigenvalue weighted by Gasteiger charge is 2.19. The van der Waals surface area contributed by atoms with E-state index < -0.39 is 12.0 Å². The molecule has 1 aromatic carbocycles. The van der Waals surface area contributed by atoms with Crippen LogP contribution in [-0.4, -0.2) is 50.0 Å². The average Bonchev–Trinajstić information content (AvgIpc) is 2.80. The highest BCUT2D eigenvalue weighted by molar-refractivity contribution is 5.75. The van der Waals surface area contributed by atoms with Crippen LogP contribution in [0, 0.1) is 0 Å². The van der Waals surface area contributed by atoms with Gasteiger partial charge in [0.1, 0.15) is 23.3 Å². The van der Waals surface area contributed by atoms with E-state index >= 15 is 0 Å². The SMILES string of the molecule is CCOC(=O)C(C)N=Nc1ccc(Oc2ccc(COC)nc2)cc1OC1CCOCC1. The second kappa shape index (κ2) is 12.1. The van der Waals surface area contributed by atoms with E-state index in [1.165, 1.54) is 0 Å². The van der Waals surface area contributed by atoms with Gasteiger partial charge in [0.2, 0.25) is 0 Å². The molecule has 0 saturated carbocycles. The summed E-state index contributed by atoms with van der Waals surface area (Å²) in [6.07, 6.45) is 3.21. The van der Waals surface area contributed by atoms with E-state index in [4.69, 9.17) is 23.7 Å². The molecule has 1 aromatic heterocycles. The highest BCUT2D eigenvalue weighted by atomic mass is 16.5. The van der Waals surface area contributed by atoms with Crippen molar-refractivity contribution in [3.8, 4) is 17.2 Å². The fourth-order valence-electron chi connectivity index (χ4n) is 3.01. The van der Waals surface area contributed by atoms with Crippen LogP contribution in [0.2, 0.25) is 0 Å². The number of esters is 1. The van der Waals surface area contributed by atoms with E-state index in [0.717, 1.165) is 18.5 Å². The molecule has 9 nitrogen and oxygen atoms in total. The molecule has 0 radical (unpaired) electrons. The van der Waals surface area contributed by atoms with E-state index in [0.29, 0.717) is 49.4 Å². The molecular weight excluding hydrogens is 414 g/mol. The molecule has 32 heavy (non-hydrogen) atoms. The second-order valence-electron chi connectivity index (χ2n) is 7.22. The van der Waals surface area contributed by atoms with Crippen molar-refractivity contribution in [2.45, 2.75) is 45.4 Å². The molecule has 1 aliphatic heterocycles. The predicted octanol–water partition coefficient (Wildman–Crippen LogP) is 4.61. The van der Waals surface area contributed by atoms with Gasteiger partial charge in [-0.15, -0.1) is 0 Å². The van der Waals surface area contributed by atoms with Crippen molar-refractivity contribution in [3.63, 3.8) is 0 Å². The minimum absolute atomic E-state index is 0.00502. The van der Waals surface area contributed by atoms with Crippen molar-refractivity contribution in [2.75, 3.05) is 26.9 Å². The number of pyridine rings is 1. The third-order valence-electron chi connectivity index (χ3n) is 4.69. The minimum Gasteiger partial charge on any atom is -0.488 e. The summed E-state index contributed by atoms with van der Waals surface area (Å²) in [6, 6.07) is 8.24. The second-order valence-corrected chi connectivity index (χ2v) is 7.22. The first-order chi connectivity index (χ1) is 15.6. The maximum Gasteiger partial charge on any atom is 0.332 e. The standard InChI is InChI=1S/C23H29N3O6/c1-4-30-23(27)16(2)25-26-21-8-7-19(13-22(21)32-18-9-11-29-12-10-18)31-20-6-5-17(15-28-3)24-14-20/h5-8,13-14,16,18H,4,9-12,15H2,1-3H3. The van der Waals surface area contributed by atoms with Crippen LogP contribution in [0.5, 0.6) is 17.2 Å². The van der Waals surface area contributed by atoms with E-state index in [1.807, 2.05) is 12.1 Å². The van der Waals surface area contributed by atoms with Crippen molar-refractivity contribution in [1.29, 1.82) is 0 Å². The molecule has 2 aromatic rings. The number of azo groups is 1. The van der Waals surface area contributed by atoms with Crippen LogP contribution in [0.3, 0.4) is 0 Å². The number of hydrogen-bond acceptors (Lipinski definition) is 9. The van der Waals surface area contributed by atoms with Gasteiger partial charge in [-0.2, -0.15) is 10.2 Å². The van der Waals surface area contributed by atoms with Crippen LogP contribution in [-0.2, 0) is 25.6 Å². The van der Waals surface area contributed by atoms with Gasteiger partial charge in [0.25, 0.3) is 0 Å². The summed E-state index contributed by atoms with van der Waals surface area (Å²) in [6.45, 7) is 5.42. The minimum atomic E-state index is -0.710. The number of carbonyl (C=O) groups excluding carboxylic acids is 1. The largest absolute Gasteiger partial charge is 0.488 e. The van der Waals surface area contributed by atoms with Gasteiger partial charge >= 0.3 is 5.97 Å². The van der Waals surface area contributed by atoms with Crippen LogP contribution in [0.15, 0.2) is 46.8 Å². The smallest absolute Gasteiger partial charge is 0.332 e. The summed E-state index contributed by atoms with van der Waals surface area (Å²) < 4.78 is 27.6. The lowest BCUT2D eigenvalue weighted by Crippen LogP contribution is -2.25. The number of benzene rings is 1. The molecule has 0 spiro atoms. The van der Waals surface area contributed by atoms with E-state index in [1.54, 1.807) is 45.4 Å². The number of hydrogen-bond donors (Lipinski definition) is 0. The third kappa shape index (κ3) is 7.00. The van der Waals surface area contributed by atoms with Gasteiger partial charge < -0.3 is 23.7 Å². The molecule has 1 aliphatic rings. The molecule has 1 saturated heterocycles. The van der Waals surface area contributed by atoms with Gasteiger partial charge in [-0.1, -0.05) is 0 Å². The van der Waals surface area contributed by atoms with Crippen molar-refractivity contribution in [3.05, 3.63) is 42.2 Å². The van der Waals surface area contributed by atoms with Crippen molar-refractivity contribution in [1.82, 2.24) is 4.98 Å². The normalized spacial score (nSPS) is 15.5. The zero-order valence-corrected chi connectivity index (χ0v) is 18.7. The Balaban J connectivity index is 1.78. The number of nitrogens with zero attached hydrogens (tertiary/aromatic N) is 3. The Hall–Kier alpha value is -3.04. The first-order valence-corrected chi connectivity index (χ1v) is 10.7. The molecule has 1 atom stereocenters. The number of carbonyl (C=O) groups is 1. The first-order valence-electron chi connectivity index (χ1n) is 10.7. The van der Waals surface area contributed by atoms with Crippen molar-refractivity contribution in [2.24, 2.45) is 10.2 Å². The van der Waals surface area contributed by atoms with Gasteiger partial charge in [0, 0.05) is 26.0 Å². The van der Waals surface area contributed by atoms with E-state index in [-0.39, 0.29) is 6.10 Å². The fourth-order valence-corrected chi connectivity index (χ4v) is 3.01. The highest BCUT2D eigenvalue weighted by Crippen LogP contribution is 2.35. The number of methoxy groups -OCH3 is 1. The lowest BCUT2D eigenvalue weighted by molar-refractivity contribution is -0.144. The molecular formula is C23H29N3O6. The van der Waals surface area contributed by atoms with Crippen molar-refractivity contribution >= 4 is 11.7 Å². The third-order valence-corrected chi connectivity index (χ3v) is 4.69. The molecule has 0 aliphatic carbocycles. The topological polar surface area (TPSA) is 101 Å². The van der Waals surface area contributed by atoms with Gasteiger partial charge in [-0.05, 0) is 38.1 Å².